The van der Waals surface area contributed by atoms with Gasteiger partial charge in [0.25, 0.3) is 5.91 Å². The van der Waals surface area contributed by atoms with Gasteiger partial charge in [0.1, 0.15) is 11.9 Å². The molecule has 3 rings (SSSR count). The summed E-state index contributed by atoms with van der Waals surface area (Å²) in [5, 5.41) is 3.08. The molecule has 31 heavy (non-hydrogen) atoms. The summed E-state index contributed by atoms with van der Waals surface area (Å²) in [6.07, 6.45) is 6.35. The second kappa shape index (κ2) is 11.5. The van der Waals surface area contributed by atoms with Crippen molar-refractivity contribution in [1.29, 1.82) is 0 Å². The second-order valence-corrected chi connectivity index (χ2v) is 7.68. The van der Waals surface area contributed by atoms with Crippen LogP contribution in [0.15, 0.2) is 48.8 Å². The molecule has 2 heterocycles. The fraction of sp³-hybridized carbons (Fsp3) is 0.458. The highest BCUT2D eigenvalue weighted by molar-refractivity contribution is 5.94. The first kappa shape index (κ1) is 22.7. The van der Waals surface area contributed by atoms with E-state index < -0.39 is 0 Å². The maximum Gasteiger partial charge on any atom is 0.251 e. The third-order valence-electron chi connectivity index (χ3n) is 5.56. The summed E-state index contributed by atoms with van der Waals surface area (Å²) in [4.78, 5) is 30.6. The summed E-state index contributed by atoms with van der Waals surface area (Å²) >= 11 is 0. The van der Waals surface area contributed by atoms with Crippen LogP contribution in [0.2, 0.25) is 0 Å². The lowest BCUT2D eigenvalue weighted by Gasteiger charge is -2.32. The van der Waals surface area contributed by atoms with Gasteiger partial charge in [-0.3, -0.25) is 14.6 Å². The van der Waals surface area contributed by atoms with Crippen LogP contribution in [0.25, 0.3) is 0 Å². The van der Waals surface area contributed by atoms with Gasteiger partial charge in [0.2, 0.25) is 5.91 Å². The van der Waals surface area contributed by atoms with Crippen molar-refractivity contribution < 1.29 is 19.1 Å². The Kier molecular flexibility index (Phi) is 8.41. The molecule has 1 aliphatic heterocycles. The van der Waals surface area contributed by atoms with Gasteiger partial charge in [-0.1, -0.05) is 6.92 Å². The van der Waals surface area contributed by atoms with E-state index >= 15 is 0 Å². The van der Waals surface area contributed by atoms with Gasteiger partial charge in [-0.25, -0.2) is 0 Å². The molecule has 1 saturated heterocycles. The summed E-state index contributed by atoms with van der Waals surface area (Å²) in [6, 6.07) is 11.0. The smallest absolute Gasteiger partial charge is 0.251 e. The molecular formula is C24H31N3O4. The van der Waals surface area contributed by atoms with Crippen molar-refractivity contribution in [2.45, 2.75) is 44.8 Å². The van der Waals surface area contributed by atoms with E-state index in [1.54, 1.807) is 31.6 Å². The minimum Gasteiger partial charge on any atom is -0.490 e. The fourth-order valence-corrected chi connectivity index (χ4v) is 3.71. The molecule has 0 bridgehead atoms. The molecule has 1 aliphatic rings. The van der Waals surface area contributed by atoms with Crippen LogP contribution in [0.3, 0.4) is 0 Å². The first-order valence-corrected chi connectivity index (χ1v) is 10.8. The Hall–Kier alpha value is -2.93. The highest BCUT2D eigenvalue weighted by Gasteiger charge is 2.23. The molecule has 1 aromatic heterocycles. The number of nitrogens with zero attached hydrogens (tertiary/aromatic N) is 2. The number of pyridine rings is 1. The number of ether oxygens (including phenoxy) is 2. The second-order valence-electron chi connectivity index (χ2n) is 7.68. The number of hydrogen-bond donors (Lipinski definition) is 1. The van der Waals surface area contributed by atoms with Gasteiger partial charge in [0, 0.05) is 51.0 Å². The molecule has 7 heteroatoms. The Morgan fingerprint density at radius 3 is 2.42 bits per heavy atom. The van der Waals surface area contributed by atoms with Gasteiger partial charge in [0.15, 0.2) is 0 Å². The number of amides is 2. The van der Waals surface area contributed by atoms with E-state index in [-0.39, 0.29) is 24.0 Å². The molecule has 1 fully saturated rings. The Balaban J connectivity index is 1.49. The number of carbonyl (C=O) groups excluding carboxylic acids is 2. The SMILES string of the molecule is CCC(NC(=O)c1ccc(OC2CCN(C(=O)CCOC)CC2)cc1)c1ccncc1. The maximum absolute atomic E-state index is 12.6. The molecule has 7 nitrogen and oxygen atoms in total. The standard InChI is InChI=1S/C24H31N3O4/c1-3-22(18-8-13-25-14-9-18)26-24(29)19-4-6-20(7-5-19)31-21-10-15-27(16-11-21)23(28)12-17-30-2/h4-9,13-14,21-22H,3,10-12,15-17H2,1-2H3,(H,26,29). The molecule has 1 atom stereocenters. The van der Waals surface area contributed by atoms with Crippen LogP contribution in [-0.2, 0) is 9.53 Å². The first-order chi connectivity index (χ1) is 15.1. The zero-order chi connectivity index (χ0) is 22.1. The molecule has 2 amide bonds. The lowest BCUT2D eigenvalue weighted by molar-refractivity contribution is -0.133. The predicted molar refractivity (Wildman–Crippen MR) is 118 cm³/mol. The van der Waals surface area contributed by atoms with Gasteiger partial charge in [-0.05, 0) is 48.4 Å². The van der Waals surface area contributed by atoms with E-state index in [0.717, 1.165) is 30.6 Å². The lowest BCUT2D eigenvalue weighted by Crippen LogP contribution is -2.42. The van der Waals surface area contributed by atoms with E-state index in [1.807, 2.05) is 36.1 Å². The Morgan fingerprint density at radius 1 is 1.13 bits per heavy atom. The lowest BCUT2D eigenvalue weighted by atomic mass is 10.1. The number of nitrogens with one attached hydrogen (secondary N) is 1. The zero-order valence-corrected chi connectivity index (χ0v) is 18.3. The predicted octanol–water partition coefficient (Wildman–Crippen LogP) is 3.37. The van der Waals surface area contributed by atoms with E-state index in [9.17, 15) is 9.59 Å². The van der Waals surface area contributed by atoms with Crippen LogP contribution >= 0.6 is 0 Å². The molecule has 0 aliphatic carbocycles. The average molecular weight is 426 g/mol. The van der Waals surface area contributed by atoms with Crippen molar-refractivity contribution in [3.8, 4) is 5.75 Å². The van der Waals surface area contributed by atoms with Crippen LogP contribution in [0, 0.1) is 0 Å². The molecule has 2 aromatic rings. The number of carbonyl (C=O) groups is 2. The minimum atomic E-state index is -0.113. The highest BCUT2D eigenvalue weighted by Crippen LogP contribution is 2.21. The largest absolute Gasteiger partial charge is 0.490 e. The van der Waals surface area contributed by atoms with E-state index in [1.165, 1.54) is 0 Å². The Morgan fingerprint density at radius 2 is 1.81 bits per heavy atom. The number of benzene rings is 1. The van der Waals surface area contributed by atoms with E-state index in [4.69, 9.17) is 9.47 Å². The summed E-state index contributed by atoms with van der Waals surface area (Å²) in [5.41, 5.74) is 1.64. The zero-order valence-electron chi connectivity index (χ0n) is 18.3. The van der Waals surface area contributed by atoms with E-state index in [0.29, 0.717) is 31.7 Å². The number of piperidine rings is 1. The molecule has 1 unspecified atom stereocenters. The van der Waals surface area contributed by atoms with Gasteiger partial charge in [-0.15, -0.1) is 0 Å². The molecule has 0 radical (unpaired) electrons. The third-order valence-corrected chi connectivity index (χ3v) is 5.56. The third kappa shape index (κ3) is 6.52. The van der Waals surface area contributed by atoms with Crippen molar-refractivity contribution in [3.63, 3.8) is 0 Å². The number of likely N-dealkylation sites (tertiary alicyclic amines) is 1. The first-order valence-electron chi connectivity index (χ1n) is 10.8. The number of methoxy groups -OCH3 is 1. The Labute approximate surface area is 183 Å². The summed E-state index contributed by atoms with van der Waals surface area (Å²) < 4.78 is 11.0. The highest BCUT2D eigenvalue weighted by atomic mass is 16.5. The van der Waals surface area contributed by atoms with Gasteiger partial charge >= 0.3 is 0 Å². The fourth-order valence-electron chi connectivity index (χ4n) is 3.71. The molecule has 1 N–H and O–H groups in total. The van der Waals surface area contributed by atoms with Crippen LogP contribution < -0.4 is 10.1 Å². The average Bonchev–Trinajstić information content (AvgIpc) is 2.82. The van der Waals surface area contributed by atoms with Gasteiger partial charge < -0.3 is 19.7 Å². The Bertz CT molecular complexity index is 834. The van der Waals surface area contributed by atoms with Crippen molar-refractivity contribution >= 4 is 11.8 Å². The topological polar surface area (TPSA) is 80.8 Å². The normalized spacial score (nSPS) is 15.4. The van der Waals surface area contributed by atoms with Crippen LogP contribution in [-0.4, -0.2) is 54.6 Å². The van der Waals surface area contributed by atoms with Gasteiger partial charge in [0.05, 0.1) is 19.1 Å². The number of aromatic nitrogens is 1. The maximum atomic E-state index is 12.6. The minimum absolute atomic E-state index is 0.0526. The van der Waals surface area contributed by atoms with Gasteiger partial charge in [-0.2, -0.15) is 0 Å². The van der Waals surface area contributed by atoms with Crippen molar-refractivity contribution in [2.24, 2.45) is 0 Å². The molecule has 0 spiro atoms. The van der Waals surface area contributed by atoms with Crippen LogP contribution in [0.4, 0.5) is 0 Å². The molecule has 0 saturated carbocycles. The molecular weight excluding hydrogens is 394 g/mol. The summed E-state index contributed by atoms with van der Waals surface area (Å²) in [5.74, 6) is 0.757. The van der Waals surface area contributed by atoms with E-state index in [2.05, 4.69) is 10.3 Å². The van der Waals surface area contributed by atoms with Crippen molar-refractivity contribution in [3.05, 3.63) is 59.9 Å². The monoisotopic (exact) mass is 425 g/mol. The van der Waals surface area contributed by atoms with Crippen LogP contribution in [0.5, 0.6) is 5.75 Å². The molecule has 1 aromatic carbocycles. The summed E-state index contributed by atoms with van der Waals surface area (Å²) in [7, 11) is 1.60. The number of rotatable bonds is 9. The summed E-state index contributed by atoms with van der Waals surface area (Å²) in [6.45, 7) is 3.89. The van der Waals surface area contributed by atoms with Crippen molar-refractivity contribution in [1.82, 2.24) is 15.2 Å². The number of hydrogen-bond acceptors (Lipinski definition) is 5. The quantitative estimate of drug-likeness (QED) is 0.666. The van der Waals surface area contributed by atoms with Crippen LogP contribution in [0.1, 0.15) is 54.6 Å². The molecule has 166 valence electrons. The van der Waals surface area contributed by atoms with Crippen molar-refractivity contribution in [2.75, 3.05) is 26.8 Å².